The van der Waals surface area contributed by atoms with E-state index >= 15 is 0 Å². The van der Waals surface area contributed by atoms with E-state index in [0.29, 0.717) is 5.13 Å². The largest absolute Gasteiger partial charge is 0.493 e. The number of nitrogens with one attached hydrogen (secondary N) is 1. The Kier molecular flexibility index (Phi) is 2.14. The molecule has 0 bridgehead atoms. The van der Waals surface area contributed by atoms with Gasteiger partial charge in [-0.1, -0.05) is 18.2 Å². The molecule has 4 heteroatoms. The quantitative estimate of drug-likeness (QED) is 0.768. The first kappa shape index (κ1) is 8.07. The smallest absolute Gasteiger partial charge is 0.223 e. The van der Waals surface area contributed by atoms with Gasteiger partial charge in [0, 0.05) is 5.69 Å². The van der Waals surface area contributed by atoms with E-state index in [1.54, 1.807) is 5.38 Å². The third-order valence-electron chi connectivity index (χ3n) is 1.52. The van der Waals surface area contributed by atoms with Gasteiger partial charge in [-0.15, -0.1) is 11.3 Å². The molecule has 0 aliphatic carbocycles. The molecule has 0 saturated carbocycles. The van der Waals surface area contributed by atoms with Gasteiger partial charge in [0.2, 0.25) is 5.88 Å². The number of rotatable bonds is 2. The van der Waals surface area contributed by atoms with Crippen LogP contribution in [0.3, 0.4) is 0 Å². The summed E-state index contributed by atoms with van der Waals surface area (Å²) in [5.41, 5.74) is 0.969. The molecule has 0 unspecified atom stereocenters. The maximum atomic E-state index is 8.99. The molecule has 0 spiro atoms. The highest BCUT2D eigenvalue weighted by Gasteiger charge is 1.98. The molecule has 2 aromatic rings. The van der Waals surface area contributed by atoms with E-state index in [-0.39, 0.29) is 5.88 Å². The Morgan fingerprint density at radius 3 is 2.62 bits per heavy atom. The fourth-order valence-electron chi connectivity index (χ4n) is 0.968. The molecule has 2 N–H and O–H groups in total. The van der Waals surface area contributed by atoms with Crippen molar-refractivity contribution in [2.24, 2.45) is 0 Å². The molecule has 0 aliphatic rings. The van der Waals surface area contributed by atoms with Crippen LogP contribution < -0.4 is 5.32 Å². The normalized spacial score (nSPS) is 9.85. The van der Waals surface area contributed by atoms with Crippen LogP contribution in [0.25, 0.3) is 0 Å². The van der Waals surface area contributed by atoms with Gasteiger partial charge in [0.25, 0.3) is 0 Å². The maximum Gasteiger partial charge on any atom is 0.223 e. The molecule has 0 fully saturated rings. The van der Waals surface area contributed by atoms with Crippen LogP contribution in [0.2, 0.25) is 0 Å². The van der Waals surface area contributed by atoms with Gasteiger partial charge in [0.15, 0.2) is 5.13 Å². The van der Waals surface area contributed by atoms with Crippen molar-refractivity contribution in [1.82, 2.24) is 4.98 Å². The topological polar surface area (TPSA) is 45.1 Å². The monoisotopic (exact) mass is 192 g/mol. The molecule has 1 aromatic carbocycles. The van der Waals surface area contributed by atoms with Gasteiger partial charge >= 0.3 is 0 Å². The van der Waals surface area contributed by atoms with E-state index in [0.717, 1.165) is 5.69 Å². The molecule has 3 nitrogen and oxygen atoms in total. The molecule has 13 heavy (non-hydrogen) atoms. The Morgan fingerprint density at radius 2 is 2.00 bits per heavy atom. The fraction of sp³-hybridized carbons (Fsp3) is 0. The van der Waals surface area contributed by atoms with Crippen molar-refractivity contribution in [2.75, 3.05) is 5.32 Å². The van der Waals surface area contributed by atoms with Crippen LogP contribution in [0.1, 0.15) is 0 Å². The highest BCUT2D eigenvalue weighted by molar-refractivity contribution is 7.13. The fourth-order valence-corrected chi connectivity index (χ4v) is 1.56. The number of aromatic hydroxyl groups is 1. The second kappa shape index (κ2) is 3.45. The van der Waals surface area contributed by atoms with Crippen LogP contribution in [0.15, 0.2) is 35.7 Å². The summed E-state index contributed by atoms with van der Waals surface area (Å²) in [5, 5.41) is 14.3. The number of para-hydroxylation sites is 1. The van der Waals surface area contributed by atoms with Gasteiger partial charge in [-0.3, -0.25) is 0 Å². The Hall–Kier alpha value is -1.55. The third-order valence-corrected chi connectivity index (χ3v) is 2.26. The molecular formula is C9H8N2OS. The van der Waals surface area contributed by atoms with Crippen LogP contribution in [-0.4, -0.2) is 10.1 Å². The van der Waals surface area contributed by atoms with Gasteiger partial charge < -0.3 is 10.4 Å². The van der Waals surface area contributed by atoms with Crippen LogP contribution in [0.5, 0.6) is 5.88 Å². The van der Waals surface area contributed by atoms with Gasteiger partial charge in [0.05, 0.1) is 5.38 Å². The predicted octanol–water partition coefficient (Wildman–Crippen LogP) is 2.59. The van der Waals surface area contributed by atoms with Gasteiger partial charge in [-0.25, -0.2) is 0 Å². The number of aromatic nitrogens is 1. The lowest BCUT2D eigenvalue weighted by molar-refractivity contribution is 0.458. The zero-order valence-electron chi connectivity index (χ0n) is 6.77. The molecule has 0 radical (unpaired) electrons. The van der Waals surface area contributed by atoms with E-state index in [1.807, 2.05) is 30.3 Å². The maximum absolute atomic E-state index is 8.99. The molecular weight excluding hydrogens is 184 g/mol. The Bertz CT molecular complexity index is 386. The van der Waals surface area contributed by atoms with Crippen molar-refractivity contribution in [2.45, 2.75) is 0 Å². The van der Waals surface area contributed by atoms with Crippen molar-refractivity contribution in [1.29, 1.82) is 0 Å². The minimum absolute atomic E-state index is 0.0587. The van der Waals surface area contributed by atoms with Crippen molar-refractivity contribution in [3.05, 3.63) is 35.7 Å². The summed E-state index contributed by atoms with van der Waals surface area (Å²) in [6, 6.07) is 9.72. The van der Waals surface area contributed by atoms with E-state index in [2.05, 4.69) is 10.3 Å². The van der Waals surface area contributed by atoms with Crippen molar-refractivity contribution in [3.8, 4) is 5.88 Å². The van der Waals surface area contributed by atoms with Crippen molar-refractivity contribution >= 4 is 22.2 Å². The zero-order chi connectivity index (χ0) is 9.10. The summed E-state index contributed by atoms with van der Waals surface area (Å²) in [6.45, 7) is 0. The number of hydrogen-bond acceptors (Lipinski definition) is 4. The summed E-state index contributed by atoms with van der Waals surface area (Å²) in [6.07, 6.45) is 0. The average molecular weight is 192 g/mol. The summed E-state index contributed by atoms with van der Waals surface area (Å²) in [4.78, 5) is 3.87. The first-order valence-electron chi connectivity index (χ1n) is 3.81. The van der Waals surface area contributed by atoms with Crippen LogP contribution in [-0.2, 0) is 0 Å². The number of hydrogen-bond donors (Lipinski definition) is 2. The molecule has 66 valence electrons. The Balaban J connectivity index is 2.15. The highest BCUT2D eigenvalue weighted by Crippen LogP contribution is 2.23. The number of anilines is 2. The zero-order valence-corrected chi connectivity index (χ0v) is 7.58. The summed E-state index contributed by atoms with van der Waals surface area (Å²) >= 11 is 1.37. The van der Waals surface area contributed by atoms with Crippen LogP contribution in [0, 0.1) is 0 Å². The van der Waals surface area contributed by atoms with Gasteiger partial charge in [-0.2, -0.15) is 4.98 Å². The first-order valence-corrected chi connectivity index (χ1v) is 4.69. The van der Waals surface area contributed by atoms with Crippen molar-refractivity contribution in [3.63, 3.8) is 0 Å². The molecule has 1 aromatic heterocycles. The van der Waals surface area contributed by atoms with E-state index in [4.69, 9.17) is 5.11 Å². The summed E-state index contributed by atoms with van der Waals surface area (Å²) in [5.74, 6) is 0.0587. The highest BCUT2D eigenvalue weighted by atomic mass is 32.1. The minimum atomic E-state index is 0.0587. The molecule has 0 aliphatic heterocycles. The van der Waals surface area contributed by atoms with E-state index in [1.165, 1.54) is 11.3 Å². The third kappa shape index (κ3) is 1.97. The Labute approximate surface area is 79.7 Å². The summed E-state index contributed by atoms with van der Waals surface area (Å²) < 4.78 is 0. The van der Waals surface area contributed by atoms with E-state index in [9.17, 15) is 0 Å². The van der Waals surface area contributed by atoms with Crippen LogP contribution >= 0.6 is 11.3 Å². The second-order valence-corrected chi connectivity index (χ2v) is 3.36. The number of benzene rings is 1. The molecule has 0 amide bonds. The number of thiazole rings is 1. The minimum Gasteiger partial charge on any atom is -0.493 e. The lowest BCUT2D eigenvalue weighted by Gasteiger charge is -1.99. The molecule has 2 rings (SSSR count). The lowest BCUT2D eigenvalue weighted by Crippen LogP contribution is -1.87. The van der Waals surface area contributed by atoms with E-state index < -0.39 is 0 Å². The Morgan fingerprint density at radius 1 is 1.23 bits per heavy atom. The molecule has 0 atom stereocenters. The molecule has 1 heterocycles. The van der Waals surface area contributed by atoms with Gasteiger partial charge in [0.1, 0.15) is 0 Å². The van der Waals surface area contributed by atoms with Crippen molar-refractivity contribution < 1.29 is 5.11 Å². The number of nitrogens with zero attached hydrogens (tertiary/aromatic N) is 1. The first-order chi connectivity index (χ1) is 6.34. The average Bonchev–Trinajstić information content (AvgIpc) is 2.53. The summed E-state index contributed by atoms with van der Waals surface area (Å²) in [7, 11) is 0. The van der Waals surface area contributed by atoms with Crippen LogP contribution in [0.4, 0.5) is 10.8 Å². The molecule has 0 saturated heterocycles. The second-order valence-electron chi connectivity index (χ2n) is 2.50. The predicted molar refractivity (Wildman–Crippen MR) is 53.5 cm³/mol. The SMILES string of the molecule is Oc1csc(Nc2ccccc2)n1. The van der Waals surface area contributed by atoms with Gasteiger partial charge in [-0.05, 0) is 12.1 Å². The lowest BCUT2D eigenvalue weighted by atomic mass is 10.3. The standard InChI is InChI=1S/C9H8N2OS/c12-8-6-13-9(11-8)10-7-4-2-1-3-5-7/h1-6,12H,(H,10,11).